The number of hydrogen-bond donors (Lipinski definition) is 0. The van der Waals surface area contributed by atoms with Crippen molar-refractivity contribution in [2.24, 2.45) is 0 Å². The van der Waals surface area contributed by atoms with Crippen molar-refractivity contribution in [2.45, 2.75) is 0 Å². The molecular weight excluding hydrogens is 409 g/mol. The standard InChI is InChI=1S/C29H20NOP/c30-23-29(28(31)22-21-24-13-5-1-6-14-24)32(25-15-7-2-8-16-25,26-17-9-3-10-18-26)27-19-11-4-12-20-27/h1-20H. The van der Waals surface area contributed by atoms with E-state index < -0.39 is 12.7 Å². The molecular formula is C29H20NOP. The Hall–Kier alpha value is -4.10. The van der Waals surface area contributed by atoms with E-state index in [2.05, 4.69) is 17.9 Å². The molecule has 0 fully saturated rings. The van der Waals surface area contributed by atoms with Crippen molar-refractivity contribution in [3.05, 3.63) is 127 Å². The first-order valence-corrected chi connectivity index (χ1v) is 12.0. The Balaban J connectivity index is 2.10. The number of ketones is 1. The van der Waals surface area contributed by atoms with Gasteiger partial charge in [-0.2, -0.15) is 5.26 Å². The van der Waals surface area contributed by atoms with Crippen molar-refractivity contribution in [1.29, 1.82) is 5.26 Å². The smallest absolute Gasteiger partial charge is 0.247 e. The number of Topliss-reactive ketones (excluding diaryl/α,β-unsaturated/α-hetero) is 1. The molecule has 0 N–H and O–H groups in total. The lowest BCUT2D eigenvalue weighted by molar-refractivity contribution is -0.107. The highest BCUT2D eigenvalue weighted by Gasteiger charge is 2.32. The molecule has 32 heavy (non-hydrogen) atoms. The average Bonchev–Trinajstić information content (AvgIpc) is 2.88. The fraction of sp³-hybridized carbons (Fsp3) is 0. The van der Waals surface area contributed by atoms with Crippen LogP contribution in [0, 0.1) is 23.2 Å². The summed E-state index contributed by atoms with van der Waals surface area (Å²) in [5.41, 5.74) is 0.737. The Bertz CT molecular complexity index is 1270. The van der Waals surface area contributed by atoms with Crippen LogP contribution in [0.15, 0.2) is 121 Å². The third-order valence-corrected chi connectivity index (χ3v) is 9.37. The normalized spacial score (nSPS) is 10.3. The van der Waals surface area contributed by atoms with E-state index in [1.54, 1.807) is 0 Å². The second-order valence-electron chi connectivity index (χ2n) is 7.08. The highest BCUT2D eigenvalue weighted by molar-refractivity contribution is 7.97. The third-order valence-electron chi connectivity index (χ3n) is 5.18. The maximum absolute atomic E-state index is 13.5. The van der Waals surface area contributed by atoms with Crippen molar-refractivity contribution in [3.63, 3.8) is 0 Å². The lowest BCUT2D eigenvalue weighted by atomic mass is 10.2. The molecule has 0 heterocycles. The van der Waals surface area contributed by atoms with E-state index in [4.69, 9.17) is 0 Å². The molecule has 2 nitrogen and oxygen atoms in total. The molecule has 0 aliphatic carbocycles. The number of carbonyl (C=O) groups excluding carboxylic acids is 1. The molecule has 0 aromatic heterocycles. The van der Waals surface area contributed by atoms with Gasteiger partial charge in [-0.1, -0.05) is 115 Å². The van der Waals surface area contributed by atoms with Crippen molar-refractivity contribution >= 4 is 33.9 Å². The fourth-order valence-corrected chi connectivity index (χ4v) is 7.81. The summed E-state index contributed by atoms with van der Waals surface area (Å²) in [6.07, 6.45) is 0. The van der Waals surface area contributed by atoms with Gasteiger partial charge < -0.3 is 0 Å². The number of nitrogens with zero attached hydrogens (tertiary/aromatic N) is 1. The molecule has 0 spiro atoms. The van der Waals surface area contributed by atoms with E-state index in [0.717, 1.165) is 21.5 Å². The molecule has 0 bridgehead atoms. The number of rotatable bonds is 4. The predicted molar refractivity (Wildman–Crippen MR) is 134 cm³/mol. The summed E-state index contributed by atoms with van der Waals surface area (Å²) >= 11 is 0. The van der Waals surface area contributed by atoms with E-state index in [9.17, 15) is 10.1 Å². The molecule has 0 saturated carbocycles. The van der Waals surface area contributed by atoms with Gasteiger partial charge in [-0.15, -0.1) is 0 Å². The summed E-state index contributed by atoms with van der Waals surface area (Å²) in [5.74, 6) is 5.23. The van der Waals surface area contributed by atoms with Crippen LogP contribution in [0.5, 0.6) is 0 Å². The second-order valence-corrected chi connectivity index (χ2v) is 10.4. The molecule has 4 aromatic rings. The van der Waals surface area contributed by atoms with E-state index in [1.165, 1.54) is 0 Å². The predicted octanol–water partition coefficient (Wildman–Crippen LogP) is 4.30. The largest absolute Gasteiger partial charge is 0.278 e. The Labute approximate surface area is 188 Å². The van der Waals surface area contributed by atoms with Gasteiger partial charge in [0.15, 0.2) is 0 Å². The van der Waals surface area contributed by atoms with Gasteiger partial charge in [0, 0.05) is 5.56 Å². The van der Waals surface area contributed by atoms with Crippen molar-refractivity contribution in [1.82, 2.24) is 0 Å². The minimum atomic E-state index is -2.74. The lowest BCUT2D eigenvalue weighted by Crippen LogP contribution is -2.32. The fourth-order valence-electron chi connectivity index (χ4n) is 3.78. The van der Waals surface area contributed by atoms with Crippen LogP contribution in [0.2, 0.25) is 0 Å². The zero-order chi connectivity index (χ0) is 22.2. The van der Waals surface area contributed by atoms with Gasteiger partial charge in [-0.3, -0.25) is 4.79 Å². The Morgan fingerprint density at radius 1 is 0.594 bits per heavy atom. The summed E-state index contributed by atoms with van der Waals surface area (Å²) in [6.45, 7) is -2.74. The zero-order valence-electron chi connectivity index (χ0n) is 17.3. The molecule has 3 heteroatoms. The molecule has 0 amide bonds. The monoisotopic (exact) mass is 429 g/mol. The van der Waals surface area contributed by atoms with Gasteiger partial charge in [-0.05, 0) is 40.9 Å². The molecule has 0 aliphatic heterocycles. The highest BCUT2D eigenvalue weighted by atomic mass is 31.2. The van der Waals surface area contributed by atoms with E-state index in [0.29, 0.717) is 0 Å². The first kappa shape index (κ1) is 21.1. The summed E-state index contributed by atoms with van der Waals surface area (Å²) in [6, 6.07) is 41.2. The summed E-state index contributed by atoms with van der Waals surface area (Å²) in [4.78, 5) is 13.5. The van der Waals surface area contributed by atoms with Crippen LogP contribution < -0.4 is 15.9 Å². The van der Waals surface area contributed by atoms with Gasteiger partial charge in [-0.25, -0.2) is 0 Å². The first-order valence-electron chi connectivity index (χ1n) is 10.2. The second kappa shape index (κ2) is 9.80. The van der Waals surface area contributed by atoms with Gasteiger partial charge in [0.25, 0.3) is 0 Å². The molecule has 0 radical (unpaired) electrons. The minimum Gasteiger partial charge on any atom is -0.278 e. The quantitative estimate of drug-likeness (QED) is 0.359. The summed E-state index contributed by atoms with van der Waals surface area (Å²) < 4.78 is 0. The summed E-state index contributed by atoms with van der Waals surface area (Å²) in [5, 5.41) is 13.4. The van der Waals surface area contributed by atoms with Gasteiger partial charge in [0.05, 0.1) is 0 Å². The number of nitriles is 1. The van der Waals surface area contributed by atoms with Gasteiger partial charge in [0.2, 0.25) is 5.78 Å². The molecule has 0 atom stereocenters. The van der Waals surface area contributed by atoms with Crippen LogP contribution in [0.1, 0.15) is 5.56 Å². The average molecular weight is 429 g/mol. The van der Waals surface area contributed by atoms with Crippen LogP contribution in [0.3, 0.4) is 0 Å². The van der Waals surface area contributed by atoms with E-state index in [-0.39, 0.29) is 5.29 Å². The summed E-state index contributed by atoms with van der Waals surface area (Å²) in [7, 11) is 0. The molecule has 0 saturated heterocycles. The maximum atomic E-state index is 13.5. The van der Waals surface area contributed by atoms with Gasteiger partial charge >= 0.3 is 0 Å². The zero-order valence-corrected chi connectivity index (χ0v) is 18.2. The Kier molecular flexibility index (Phi) is 6.48. The van der Waals surface area contributed by atoms with Crippen molar-refractivity contribution in [2.75, 3.05) is 0 Å². The van der Waals surface area contributed by atoms with Crippen molar-refractivity contribution in [3.8, 4) is 17.9 Å². The van der Waals surface area contributed by atoms with Crippen LogP contribution in [0.25, 0.3) is 0 Å². The maximum Gasteiger partial charge on any atom is 0.247 e. The van der Waals surface area contributed by atoms with Crippen LogP contribution >= 0.6 is 6.89 Å². The highest BCUT2D eigenvalue weighted by Crippen LogP contribution is 2.46. The molecule has 4 rings (SSSR count). The SMILES string of the molecule is N#CC(C(=O)C#Cc1ccccc1)=P(c1ccccc1)(c1ccccc1)c1ccccc1. The number of benzene rings is 4. The van der Waals surface area contributed by atoms with Crippen molar-refractivity contribution < 1.29 is 4.79 Å². The third kappa shape index (κ3) is 4.06. The molecule has 0 aliphatic rings. The van der Waals surface area contributed by atoms with Crippen LogP contribution in [0.4, 0.5) is 0 Å². The molecule has 4 aromatic carbocycles. The number of hydrogen-bond acceptors (Lipinski definition) is 2. The van der Waals surface area contributed by atoms with Crippen LogP contribution in [-0.2, 0) is 4.79 Å². The number of carbonyl (C=O) groups is 1. The van der Waals surface area contributed by atoms with E-state index in [1.807, 2.05) is 121 Å². The molecule has 152 valence electrons. The molecule has 0 unspecified atom stereocenters. The Morgan fingerprint density at radius 2 is 0.969 bits per heavy atom. The van der Waals surface area contributed by atoms with E-state index >= 15 is 0 Å². The van der Waals surface area contributed by atoms with Gasteiger partial charge in [0.1, 0.15) is 11.4 Å². The minimum absolute atomic E-state index is 0.185. The Morgan fingerprint density at radius 3 is 1.34 bits per heavy atom. The lowest BCUT2D eigenvalue weighted by Gasteiger charge is -2.29. The topological polar surface area (TPSA) is 40.9 Å². The first-order chi connectivity index (χ1) is 15.8. The van der Waals surface area contributed by atoms with Crippen LogP contribution in [-0.4, -0.2) is 11.1 Å².